The highest BCUT2D eigenvalue weighted by Gasteiger charge is 2.22. The quantitative estimate of drug-likeness (QED) is 0.800. The van der Waals surface area contributed by atoms with Gasteiger partial charge in [-0.05, 0) is 36.4 Å². The summed E-state index contributed by atoms with van der Waals surface area (Å²) in [5.74, 6) is 1.06. The number of nitrogens with zero attached hydrogens (tertiary/aromatic N) is 2. The van der Waals surface area contributed by atoms with Crippen LogP contribution in [0.4, 0.5) is 0 Å². The van der Waals surface area contributed by atoms with Gasteiger partial charge in [-0.2, -0.15) is 8.42 Å². The van der Waals surface area contributed by atoms with Crippen LogP contribution < -0.4 is 0 Å². The Morgan fingerprint density at radius 3 is 2.20 bits per heavy atom. The topological polar surface area (TPSA) is 66.8 Å². The van der Waals surface area contributed by atoms with E-state index in [-0.39, 0.29) is 10.8 Å². The minimum Gasteiger partial charge on any atom is -0.337 e. The third-order valence-electron chi connectivity index (χ3n) is 3.82. The van der Waals surface area contributed by atoms with Crippen LogP contribution in [0.1, 0.15) is 10.4 Å². The first-order valence-corrected chi connectivity index (χ1v) is 11.0. The maximum atomic E-state index is 12.5. The van der Waals surface area contributed by atoms with Crippen molar-refractivity contribution in [2.45, 2.75) is 4.90 Å². The first-order chi connectivity index (χ1) is 12.0. The minimum absolute atomic E-state index is 0.0640. The van der Waals surface area contributed by atoms with Gasteiger partial charge in [-0.3, -0.25) is 4.79 Å². The van der Waals surface area contributed by atoms with Crippen molar-refractivity contribution in [1.82, 2.24) is 4.90 Å². The van der Waals surface area contributed by atoms with Gasteiger partial charge in [0.1, 0.15) is 0 Å². The third-order valence-corrected chi connectivity index (χ3v) is 7.87. The fraction of sp³-hybridized carbons (Fsp3) is 0.235. The second kappa shape index (κ2) is 7.68. The van der Waals surface area contributed by atoms with Gasteiger partial charge < -0.3 is 4.90 Å². The van der Waals surface area contributed by atoms with Crippen molar-refractivity contribution in [3.8, 4) is 0 Å². The van der Waals surface area contributed by atoms with Crippen molar-refractivity contribution < 1.29 is 13.2 Å². The molecule has 25 heavy (non-hydrogen) atoms. The van der Waals surface area contributed by atoms with Crippen LogP contribution in [0.2, 0.25) is 5.02 Å². The Balaban J connectivity index is 1.67. The second-order valence-electron chi connectivity index (χ2n) is 5.53. The van der Waals surface area contributed by atoms with E-state index in [1.54, 1.807) is 59.5 Å². The van der Waals surface area contributed by atoms with Crippen LogP contribution in [0.5, 0.6) is 0 Å². The maximum Gasteiger partial charge on any atom is 0.287 e. The molecule has 0 N–H and O–H groups in total. The molecule has 2 aromatic carbocycles. The van der Waals surface area contributed by atoms with Crippen LogP contribution >= 0.6 is 11.6 Å². The summed E-state index contributed by atoms with van der Waals surface area (Å²) in [5.41, 5.74) is 0.583. The molecule has 1 heterocycles. The Morgan fingerprint density at radius 2 is 1.60 bits per heavy atom. The predicted molar refractivity (Wildman–Crippen MR) is 101 cm³/mol. The van der Waals surface area contributed by atoms with Crippen molar-refractivity contribution in [2.75, 3.05) is 24.6 Å². The van der Waals surface area contributed by atoms with Crippen LogP contribution in [0.3, 0.4) is 0 Å². The molecule has 1 aliphatic heterocycles. The van der Waals surface area contributed by atoms with Crippen molar-refractivity contribution in [3.05, 3.63) is 65.2 Å². The summed E-state index contributed by atoms with van der Waals surface area (Å²) in [6, 6.07) is 15.0. The Kier molecular flexibility index (Phi) is 5.56. The van der Waals surface area contributed by atoms with Gasteiger partial charge in [0, 0.05) is 35.2 Å². The molecule has 5 nitrogen and oxygen atoms in total. The summed E-state index contributed by atoms with van der Waals surface area (Å²) in [7, 11) is -4.23. The summed E-state index contributed by atoms with van der Waals surface area (Å²) in [6.07, 6.45) is 0. The van der Waals surface area contributed by atoms with Gasteiger partial charge in [-0.1, -0.05) is 40.5 Å². The zero-order valence-electron chi connectivity index (χ0n) is 13.3. The highest BCUT2D eigenvalue weighted by atomic mass is 35.5. The van der Waals surface area contributed by atoms with E-state index in [4.69, 9.17) is 11.6 Å². The molecule has 1 amide bonds. The van der Waals surface area contributed by atoms with Gasteiger partial charge in [0.25, 0.3) is 15.9 Å². The lowest BCUT2D eigenvalue weighted by atomic mass is 10.2. The molecule has 0 spiro atoms. The molecular weight excluding hydrogens is 380 g/mol. The molecule has 0 aromatic heterocycles. The molecule has 3 rings (SSSR count). The summed E-state index contributed by atoms with van der Waals surface area (Å²) in [4.78, 5) is 14.4. The summed E-state index contributed by atoms with van der Waals surface area (Å²) < 4.78 is 28.7. The normalized spacial score (nSPS) is 15.8. The molecule has 2 aromatic rings. The monoisotopic (exact) mass is 396 g/mol. The summed E-state index contributed by atoms with van der Waals surface area (Å²) in [5, 5.41) is 0.585. The summed E-state index contributed by atoms with van der Waals surface area (Å²) in [6.45, 7) is 0.997. The van der Waals surface area contributed by atoms with Crippen molar-refractivity contribution >= 4 is 38.2 Å². The van der Waals surface area contributed by atoms with E-state index < -0.39 is 20.7 Å². The Bertz CT molecular complexity index is 887. The molecule has 0 aliphatic carbocycles. The fourth-order valence-corrected chi connectivity index (χ4v) is 6.22. The van der Waals surface area contributed by atoms with E-state index in [0.717, 1.165) is 0 Å². The molecule has 1 aliphatic rings. The molecule has 0 saturated carbocycles. The van der Waals surface area contributed by atoms with Gasteiger partial charge in [-0.15, -0.1) is 3.77 Å². The average Bonchev–Trinajstić information content (AvgIpc) is 2.63. The van der Waals surface area contributed by atoms with E-state index in [1.807, 2.05) is 0 Å². The van der Waals surface area contributed by atoms with Crippen molar-refractivity contribution in [1.29, 1.82) is 0 Å². The molecule has 8 heteroatoms. The van der Waals surface area contributed by atoms with E-state index in [9.17, 15) is 13.2 Å². The number of carbonyl (C=O) groups excluding carboxylic acids is 1. The van der Waals surface area contributed by atoms with Gasteiger partial charge in [0.05, 0.1) is 4.90 Å². The molecule has 0 unspecified atom stereocenters. The molecule has 1 fully saturated rings. The zero-order chi connectivity index (χ0) is 17.9. The first-order valence-electron chi connectivity index (χ1n) is 7.71. The molecular formula is C17H17ClN2O3S2. The van der Waals surface area contributed by atoms with Crippen molar-refractivity contribution in [3.63, 3.8) is 0 Å². The first kappa shape index (κ1) is 18.1. The number of benzene rings is 2. The highest BCUT2D eigenvalue weighted by Crippen LogP contribution is 2.16. The average molecular weight is 397 g/mol. The number of carbonyl (C=O) groups is 1. The number of halogens is 1. The number of sulfonamides is 1. The van der Waals surface area contributed by atoms with Crippen LogP contribution in [-0.4, -0.2) is 43.8 Å². The number of hydrogen-bond acceptors (Lipinski definition) is 3. The lowest BCUT2D eigenvalue weighted by molar-refractivity contribution is 0.0772. The lowest BCUT2D eigenvalue weighted by Crippen LogP contribution is -2.41. The van der Waals surface area contributed by atoms with Crippen LogP contribution in [0.15, 0.2) is 63.3 Å². The second-order valence-corrected chi connectivity index (χ2v) is 9.73. The smallest absolute Gasteiger partial charge is 0.287 e. The van der Waals surface area contributed by atoms with Gasteiger partial charge in [0.2, 0.25) is 0 Å². The van der Waals surface area contributed by atoms with Gasteiger partial charge in [0.15, 0.2) is 0 Å². The van der Waals surface area contributed by atoms with E-state index in [1.165, 1.54) is 0 Å². The van der Waals surface area contributed by atoms with E-state index >= 15 is 0 Å². The van der Waals surface area contributed by atoms with Gasteiger partial charge in [-0.25, -0.2) is 0 Å². The molecule has 0 radical (unpaired) electrons. The van der Waals surface area contributed by atoms with E-state index in [2.05, 4.69) is 3.77 Å². The predicted octanol–water partition coefficient (Wildman–Crippen LogP) is 2.99. The van der Waals surface area contributed by atoms with Crippen molar-refractivity contribution in [2.24, 2.45) is 3.77 Å². The van der Waals surface area contributed by atoms with Gasteiger partial charge >= 0.3 is 0 Å². The SMILES string of the molecule is O=C(c1ccc(Cl)cc1)N1CCS(=NS(=O)(=O)c2ccccc2)CC1. The van der Waals surface area contributed by atoms with Crippen LogP contribution in [0, 0.1) is 0 Å². The Labute approximate surface area is 154 Å². The molecule has 132 valence electrons. The third kappa shape index (κ3) is 4.48. The Morgan fingerprint density at radius 1 is 1.00 bits per heavy atom. The fourth-order valence-electron chi connectivity index (χ4n) is 2.47. The van der Waals surface area contributed by atoms with Crippen LogP contribution in [0.25, 0.3) is 0 Å². The maximum absolute atomic E-state index is 12.5. The Hall–Kier alpha value is -1.70. The number of hydrogen-bond donors (Lipinski definition) is 0. The highest BCUT2D eigenvalue weighted by molar-refractivity contribution is 8.00. The lowest BCUT2D eigenvalue weighted by Gasteiger charge is -2.28. The molecule has 0 atom stereocenters. The minimum atomic E-state index is -3.64. The molecule has 1 saturated heterocycles. The van der Waals surface area contributed by atoms with E-state index in [0.29, 0.717) is 35.2 Å². The summed E-state index contributed by atoms with van der Waals surface area (Å²) >= 11 is 5.84. The molecule has 0 bridgehead atoms. The largest absolute Gasteiger partial charge is 0.337 e. The zero-order valence-corrected chi connectivity index (χ0v) is 15.7. The van der Waals surface area contributed by atoms with Crippen LogP contribution in [-0.2, 0) is 20.7 Å². The number of rotatable bonds is 3. The number of amides is 1. The standard InChI is InChI=1S/C17H17ClN2O3S2/c18-15-8-6-14(7-9-15)17(21)20-10-12-24(13-11-20)19-25(22,23)16-4-2-1-3-5-16/h1-9H,10-13H2.